The molecule has 2 unspecified atom stereocenters. The topological polar surface area (TPSA) is 29.3 Å². The van der Waals surface area contributed by atoms with Gasteiger partial charge in [0.1, 0.15) is 0 Å². The molecule has 1 aliphatic rings. The first-order valence-corrected chi connectivity index (χ1v) is 7.78. The minimum absolute atomic E-state index is 0.289. The third kappa shape index (κ3) is 4.24. The first kappa shape index (κ1) is 16.0. The van der Waals surface area contributed by atoms with E-state index < -0.39 is 0 Å². The van der Waals surface area contributed by atoms with Crippen LogP contribution < -0.4 is 5.73 Å². The summed E-state index contributed by atoms with van der Waals surface area (Å²) in [5, 5.41) is 0. The summed E-state index contributed by atoms with van der Waals surface area (Å²) in [5.74, 6) is 0.839. The Hall–Kier alpha value is -0.0800. The second-order valence-electron chi connectivity index (χ2n) is 7.52. The van der Waals surface area contributed by atoms with Gasteiger partial charge in [-0.2, -0.15) is 0 Å². The van der Waals surface area contributed by atoms with Gasteiger partial charge in [-0.25, -0.2) is 0 Å². The molecule has 0 amide bonds. The summed E-state index contributed by atoms with van der Waals surface area (Å²) in [6.07, 6.45) is 6.59. The normalized spacial score (nSPS) is 29.8. The Balaban J connectivity index is 2.70. The second kappa shape index (κ2) is 6.38. The minimum atomic E-state index is 0.289. The Morgan fingerprint density at radius 1 is 1.33 bits per heavy atom. The van der Waals surface area contributed by atoms with E-state index in [-0.39, 0.29) is 5.54 Å². The van der Waals surface area contributed by atoms with E-state index in [1.807, 2.05) is 0 Å². The van der Waals surface area contributed by atoms with E-state index in [1.54, 1.807) is 0 Å². The Morgan fingerprint density at radius 2 is 2.00 bits per heavy atom. The lowest BCUT2D eigenvalue weighted by Gasteiger charge is -2.48. The molecule has 0 aromatic rings. The van der Waals surface area contributed by atoms with Crippen molar-refractivity contribution in [2.75, 3.05) is 19.6 Å². The smallest absolute Gasteiger partial charge is 0.0334 e. The summed E-state index contributed by atoms with van der Waals surface area (Å²) in [5.41, 5.74) is 6.88. The van der Waals surface area contributed by atoms with Crippen molar-refractivity contribution in [3.63, 3.8) is 0 Å². The van der Waals surface area contributed by atoms with Crippen molar-refractivity contribution in [3.8, 4) is 0 Å². The maximum Gasteiger partial charge on any atom is 0.0334 e. The Kier molecular flexibility index (Phi) is 5.67. The highest BCUT2D eigenvalue weighted by Gasteiger charge is 2.38. The van der Waals surface area contributed by atoms with Crippen LogP contribution in [-0.4, -0.2) is 30.1 Å². The summed E-state index contributed by atoms with van der Waals surface area (Å²) in [7, 11) is 0. The van der Waals surface area contributed by atoms with Gasteiger partial charge in [-0.15, -0.1) is 0 Å². The lowest BCUT2D eigenvalue weighted by atomic mass is 9.75. The van der Waals surface area contributed by atoms with Gasteiger partial charge in [0.05, 0.1) is 0 Å². The third-order valence-electron chi connectivity index (χ3n) is 4.63. The molecule has 0 saturated heterocycles. The fourth-order valence-electron chi connectivity index (χ4n) is 3.44. The summed E-state index contributed by atoms with van der Waals surface area (Å²) in [6, 6.07) is 0. The van der Waals surface area contributed by atoms with Crippen LogP contribution in [-0.2, 0) is 0 Å². The van der Waals surface area contributed by atoms with Crippen molar-refractivity contribution in [1.29, 1.82) is 0 Å². The molecule has 1 aliphatic carbocycles. The van der Waals surface area contributed by atoms with E-state index in [2.05, 4.69) is 39.5 Å². The Labute approximate surface area is 114 Å². The minimum Gasteiger partial charge on any atom is -0.329 e. The standard InChI is InChI=1S/C16H34N2/c1-6-18(11-10-15(3,4)5)16(13-17)9-7-8-14(2)12-16/h14H,6-13,17H2,1-5H3. The van der Waals surface area contributed by atoms with Crippen LogP contribution in [0.3, 0.4) is 0 Å². The SMILES string of the molecule is CCN(CCC(C)(C)C)C1(CN)CCCC(C)C1. The Bertz CT molecular complexity index is 244. The van der Waals surface area contributed by atoms with Gasteiger partial charge in [0.25, 0.3) is 0 Å². The van der Waals surface area contributed by atoms with Gasteiger partial charge >= 0.3 is 0 Å². The van der Waals surface area contributed by atoms with Gasteiger partial charge in [0.15, 0.2) is 0 Å². The number of likely N-dealkylation sites (N-methyl/N-ethyl adjacent to an activating group) is 1. The molecule has 0 bridgehead atoms. The van der Waals surface area contributed by atoms with Gasteiger partial charge in [0.2, 0.25) is 0 Å². The molecule has 0 spiro atoms. The molecule has 0 aromatic carbocycles. The van der Waals surface area contributed by atoms with Gasteiger partial charge in [-0.3, -0.25) is 4.90 Å². The molecule has 1 saturated carbocycles. The van der Waals surface area contributed by atoms with Crippen molar-refractivity contribution in [1.82, 2.24) is 4.90 Å². The molecule has 0 aliphatic heterocycles. The van der Waals surface area contributed by atoms with Gasteiger partial charge < -0.3 is 5.73 Å². The average molecular weight is 254 g/mol. The van der Waals surface area contributed by atoms with Gasteiger partial charge in [-0.1, -0.05) is 47.5 Å². The van der Waals surface area contributed by atoms with Gasteiger partial charge in [0, 0.05) is 12.1 Å². The Morgan fingerprint density at radius 3 is 2.44 bits per heavy atom. The van der Waals surface area contributed by atoms with Crippen molar-refractivity contribution >= 4 is 0 Å². The van der Waals surface area contributed by atoms with Crippen LogP contribution in [0.1, 0.15) is 66.7 Å². The molecule has 2 nitrogen and oxygen atoms in total. The molecule has 2 atom stereocenters. The maximum atomic E-state index is 6.17. The van der Waals surface area contributed by atoms with Crippen LogP contribution in [0, 0.1) is 11.3 Å². The summed E-state index contributed by atoms with van der Waals surface area (Å²) < 4.78 is 0. The van der Waals surface area contributed by atoms with E-state index in [9.17, 15) is 0 Å². The first-order valence-electron chi connectivity index (χ1n) is 7.78. The van der Waals surface area contributed by atoms with Crippen molar-refractivity contribution in [3.05, 3.63) is 0 Å². The van der Waals surface area contributed by atoms with Crippen LogP contribution in [0.15, 0.2) is 0 Å². The zero-order valence-electron chi connectivity index (χ0n) is 13.3. The highest BCUT2D eigenvalue weighted by atomic mass is 15.2. The average Bonchev–Trinajstić information content (AvgIpc) is 2.28. The van der Waals surface area contributed by atoms with Crippen LogP contribution in [0.5, 0.6) is 0 Å². The van der Waals surface area contributed by atoms with E-state index in [0.717, 1.165) is 19.0 Å². The lowest BCUT2D eigenvalue weighted by Crippen LogP contribution is -2.56. The number of hydrogen-bond donors (Lipinski definition) is 1. The molecular weight excluding hydrogens is 220 g/mol. The maximum absolute atomic E-state index is 6.17. The fraction of sp³-hybridized carbons (Fsp3) is 1.00. The number of nitrogens with zero attached hydrogens (tertiary/aromatic N) is 1. The van der Waals surface area contributed by atoms with Crippen LogP contribution in [0.25, 0.3) is 0 Å². The lowest BCUT2D eigenvalue weighted by molar-refractivity contribution is 0.0353. The molecule has 0 heterocycles. The molecule has 2 heteroatoms. The van der Waals surface area contributed by atoms with E-state index in [1.165, 1.54) is 38.6 Å². The van der Waals surface area contributed by atoms with Crippen LogP contribution in [0.4, 0.5) is 0 Å². The molecule has 1 fully saturated rings. The summed E-state index contributed by atoms with van der Waals surface area (Å²) in [4.78, 5) is 2.67. The van der Waals surface area contributed by atoms with Crippen LogP contribution >= 0.6 is 0 Å². The van der Waals surface area contributed by atoms with Crippen molar-refractivity contribution in [2.24, 2.45) is 17.1 Å². The van der Waals surface area contributed by atoms with Crippen LogP contribution in [0.2, 0.25) is 0 Å². The predicted octanol–water partition coefficient (Wildman–Crippen LogP) is 3.65. The molecule has 108 valence electrons. The number of hydrogen-bond acceptors (Lipinski definition) is 2. The number of nitrogens with two attached hydrogens (primary N) is 1. The summed E-state index contributed by atoms with van der Waals surface area (Å²) in [6.45, 7) is 14.8. The fourth-order valence-corrected chi connectivity index (χ4v) is 3.44. The molecule has 2 N–H and O–H groups in total. The molecule has 0 radical (unpaired) electrons. The van der Waals surface area contributed by atoms with Crippen molar-refractivity contribution in [2.45, 2.75) is 72.3 Å². The molecule has 18 heavy (non-hydrogen) atoms. The second-order valence-corrected chi connectivity index (χ2v) is 7.52. The first-order chi connectivity index (χ1) is 8.33. The largest absolute Gasteiger partial charge is 0.329 e. The predicted molar refractivity (Wildman–Crippen MR) is 80.7 cm³/mol. The van der Waals surface area contributed by atoms with Gasteiger partial charge in [-0.05, 0) is 43.7 Å². The molecule has 1 rings (SSSR count). The highest BCUT2D eigenvalue weighted by Crippen LogP contribution is 2.37. The van der Waals surface area contributed by atoms with Crippen molar-refractivity contribution < 1.29 is 0 Å². The monoisotopic (exact) mass is 254 g/mol. The number of rotatable bonds is 5. The molecular formula is C16H34N2. The summed E-state index contributed by atoms with van der Waals surface area (Å²) >= 11 is 0. The zero-order chi connectivity index (χ0) is 13.8. The van der Waals surface area contributed by atoms with E-state index >= 15 is 0 Å². The third-order valence-corrected chi connectivity index (χ3v) is 4.63. The molecule has 0 aromatic heterocycles. The quantitative estimate of drug-likeness (QED) is 0.811. The zero-order valence-corrected chi connectivity index (χ0v) is 13.3. The van der Waals surface area contributed by atoms with E-state index in [4.69, 9.17) is 5.73 Å². The highest BCUT2D eigenvalue weighted by molar-refractivity contribution is 4.95. The van der Waals surface area contributed by atoms with E-state index in [0.29, 0.717) is 5.41 Å².